The van der Waals surface area contributed by atoms with Gasteiger partial charge in [-0.2, -0.15) is 0 Å². The third-order valence-electron chi connectivity index (χ3n) is 3.17. The number of amides is 2. The number of benzene rings is 1. The molecule has 1 aromatic rings. The zero-order valence-corrected chi connectivity index (χ0v) is 11.2. The number of carboxylic acids is 1. The number of hydrogen-bond donors (Lipinski definition) is 3. The molecule has 3 N–H and O–H groups in total. The van der Waals surface area contributed by atoms with Gasteiger partial charge in [-0.15, -0.1) is 0 Å². The minimum atomic E-state index is -1.05. The zero-order valence-electron chi connectivity index (χ0n) is 10.4. The Morgan fingerprint density at radius 3 is 2.58 bits per heavy atom. The van der Waals surface area contributed by atoms with Crippen molar-refractivity contribution in [2.45, 2.75) is 25.8 Å². The summed E-state index contributed by atoms with van der Waals surface area (Å²) in [6.07, 6.45) is 1.97. The van der Waals surface area contributed by atoms with Crippen LogP contribution in [0.2, 0.25) is 5.02 Å². The zero-order chi connectivity index (χ0) is 14.0. The molecule has 0 unspecified atom stereocenters. The van der Waals surface area contributed by atoms with Crippen LogP contribution in [0.5, 0.6) is 0 Å². The smallest absolute Gasteiger partial charge is 0.335 e. The van der Waals surface area contributed by atoms with Crippen LogP contribution in [-0.4, -0.2) is 23.1 Å². The number of carbonyl (C=O) groups excluding carboxylic acids is 1. The minimum absolute atomic E-state index is 0.0868. The third-order valence-corrected chi connectivity index (χ3v) is 3.49. The maximum Gasteiger partial charge on any atom is 0.335 e. The molecule has 0 atom stereocenters. The fourth-order valence-corrected chi connectivity index (χ4v) is 2.34. The van der Waals surface area contributed by atoms with Gasteiger partial charge in [0.1, 0.15) is 0 Å². The van der Waals surface area contributed by atoms with Gasteiger partial charge in [-0.3, -0.25) is 0 Å². The average Bonchev–Trinajstić information content (AvgIpc) is 2.29. The van der Waals surface area contributed by atoms with Crippen LogP contribution >= 0.6 is 11.6 Å². The molecule has 6 heteroatoms. The SMILES string of the molecule is CC1CC(NC(=O)Nc2ccc(C(=O)O)cc2Cl)C1. The van der Waals surface area contributed by atoms with Crippen molar-refractivity contribution < 1.29 is 14.7 Å². The van der Waals surface area contributed by atoms with E-state index in [1.165, 1.54) is 18.2 Å². The molecular formula is C13H15ClN2O3. The second-order valence-electron chi connectivity index (χ2n) is 4.87. The molecule has 1 aromatic carbocycles. The molecule has 1 fully saturated rings. The lowest BCUT2D eigenvalue weighted by molar-refractivity contribution is 0.0697. The molecular weight excluding hydrogens is 268 g/mol. The molecule has 0 bridgehead atoms. The van der Waals surface area contributed by atoms with Crippen molar-refractivity contribution in [2.24, 2.45) is 5.92 Å². The highest BCUT2D eigenvalue weighted by molar-refractivity contribution is 6.34. The predicted octanol–water partition coefficient (Wildman–Crippen LogP) is 2.96. The molecule has 1 saturated carbocycles. The van der Waals surface area contributed by atoms with E-state index in [2.05, 4.69) is 17.6 Å². The summed E-state index contributed by atoms with van der Waals surface area (Å²) in [4.78, 5) is 22.4. The number of halogens is 1. The van der Waals surface area contributed by atoms with E-state index in [4.69, 9.17) is 16.7 Å². The summed E-state index contributed by atoms with van der Waals surface area (Å²) < 4.78 is 0. The van der Waals surface area contributed by atoms with Gasteiger partial charge in [-0.05, 0) is 37.0 Å². The van der Waals surface area contributed by atoms with Crippen LogP contribution in [0.3, 0.4) is 0 Å². The maximum absolute atomic E-state index is 11.7. The number of anilines is 1. The van der Waals surface area contributed by atoms with Gasteiger partial charge in [0.15, 0.2) is 0 Å². The topological polar surface area (TPSA) is 78.4 Å². The summed E-state index contributed by atoms with van der Waals surface area (Å²) in [6.45, 7) is 2.14. The fourth-order valence-electron chi connectivity index (χ4n) is 2.11. The standard InChI is InChI=1S/C13H15ClN2O3/c1-7-4-9(5-7)15-13(19)16-11-3-2-8(12(17)18)6-10(11)14/h2-3,6-7,9H,4-5H2,1H3,(H,17,18)(H2,15,16,19). The molecule has 2 amide bonds. The van der Waals surface area contributed by atoms with Gasteiger partial charge in [0, 0.05) is 6.04 Å². The number of urea groups is 1. The van der Waals surface area contributed by atoms with Crippen molar-refractivity contribution in [3.05, 3.63) is 28.8 Å². The largest absolute Gasteiger partial charge is 0.478 e. The van der Waals surface area contributed by atoms with Crippen molar-refractivity contribution in [3.63, 3.8) is 0 Å². The summed E-state index contributed by atoms with van der Waals surface area (Å²) in [5, 5.41) is 14.5. The minimum Gasteiger partial charge on any atom is -0.478 e. The number of rotatable bonds is 3. The van der Waals surface area contributed by atoms with E-state index in [1.807, 2.05) is 0 Å². The van der Waals surface area contributed by atoms with Gasteiger partial charge in [-0.1, -0.05) is 18.5 Å². The molecule has 0 heterocycles. The summed E-state index contributed by atoms with van der Waals surface area (Å²) in [5.41, 5.74) is 0.486. The first-order valence-corrected chi connectivity index (χ1v) is 6.44. The Morgan fingerprint density at radius 1 is 1.37 bits per heavy atom. The van der Waals surface area contributed by atoms with Gasteiger partial charge < -0.3 is 15.7 Å². The fraction of sp³-hybridized carbons (Fsp3) is 0.385. The quantitative estimate of drug-likeness (QED) is 0.797. The molecule has 5 nitrogen and oxygen atoms in total. The van der Waals surface area contributed by atoms with E-state index in [9.17, 15) is 9.59 Å². The average molecular weight is 283 g/mol. The van der Waals surface area contributed by atoms with Crippen molar-refractivity contribution in [1.29, 1.82) is 0 Å². The molecule has 0 saturated heterocycles. The second kappa shape index (κ2) is 5.48. The molecule has 19 heavy (non-hydrogen) atoms. The number of hydrogen-bond acceptors (Lipinski definition) is 2. The molecule has 2 rings (SSSR count). The highest BCUT2D eigenvalue weighted by Gasteiger charge is 2.26. The molecule has 1 aliphatic rings. The van der Waals surface area contributed by atoms with E-state index in [0.717, 1.165) is 12.8 Å². The van der Waals surface area contributed by atoms with E-state index in [-0.39, 0.29) is 22.7 Å². The molecule has 0 aliphatic heterocycles. The number of carbonyl (C=O) groups is 2. The summed E-state index contributed by atoms with van der Waals surface area (Å²) in [5.74, 6) is -0.398. The first-order chi connectivity index (χ1) is 8.95. The Hall–Kier alpha value is -1.75. The van der Waals surface area contributed by atoms with Gasteiger partial charge in [0.05, 0.1) is 16.3 Å². The van der Waals surface area contributed by atoms with Crippen LogP contribution in [-0.2, 0) is 0 Å². The number of nitrogens with one attached hydrogen (secondary N) is 2. The Bertz CT molecular complexity index is 513. The summed E-state index contributed by atoms with van der Waals surface area (Å²) in [6, 6.07) is 4.09. The van der Waals surface area contributed by atoms with Crippen LogP contribution < -0.4 is 10.6 Å². The lowest BCUT2D eigenvalue weighted by Gasteiger charge is -2.33. The normalized spacial score (nSPS) is 21.4. The lowest BCUT2D eigenvalue weighted by Crippen LogP contribution is -2.45. The number of aromatic carboxylic acids is 1. The molecule has 1 aliphatic carbocycles. The van der Waals surface area contributed by atoms with E-state index in [1.54, 1.807) is 0 Å². The van der Waals surface area contributed by atoms with Crippen LogP contribution in [0.25, 0.3) is 0 Å². The third kappa shape index (κ3) is 3.38. The van der Waals surface area contributed by atoms with Crippen LogP contribution in [0.15, 0.2) is 18.2 Å². The molecule has 0 radical (unpaired) electrons. The summed E-state index contributed by atoms with van der Waals surface area (Å²) >= 11 is 5.92. The Morgan fingerprint density at radius 2 is 2.05 bits per heavy atom. The van der Waals surface area contributed by atoms with Gasteiger partial charge in [0.2, 0.25) is 0 Å². The highest BCUT2D eigenvalue weighted by Crippen LogP contribution is 2.27. The van der Waals surface area contributed by atoms with Crippen molar-refractivity contribution in [2.75, 3.05) is 5.32 Å². The van der Waals surface area contributed by atoms with Crippen LogP contribution in [0, 0.1) is 5.92 Å². The van der Waals surface area contributed by atoms with Crippen molar-refractivity contribution in [1.82, 2.24) is 5.32 Å². The van der Waals surface area contributed by atoms with Crippen molar-refractivity contribution in [3.8, 4) is 0 Å². The summed E-state index contributed by atoms with van der Waals surface area (Å²) in [7, 11) is 0. The first kappa shape index (κ1) is 13.7. The van der Waals surface area contributed by atoms with Gasteiger partial charge >= 0.3 is 12.0 Å². The Labute approximate surface area is 116 Å². The first-order valence-electron chi connectivity index (χ1n) is 6.06. The van der Waals surface area contributed by atoms with E-state index < -0.39 is 5.97 Å². The Balaban J connectivity index is 1.95. The van der Waals surface area contributed by atoms with Crippen molar-refractivity contribution >= 4 is 29.3 Å². The second-order valence-corrected chi connectivity index (χ2v) is 5.28. The van der Waals surface area contributed by atoms with E-state index >= 15 is 0 Å². The van der Waals surface area contributed by atoms with Crippen LogP contribution in [0.1, 0.15) is 30.1 Å². The highest BCUT2D eigenvalue weighted by atomic mass is 35.5. The Kier molecular flexibility index (Phi) is 3.95. The number of carboxylic acid groups (broad SMARTS) is 1. The molecule has 102 valence electrons. The lowest BCUT2D eigenvalue weighted by atomic mass is 9.82. The van der Waals surface area contributed by atoms with E-state index in [0.29, 0.717) is 11.6 Å². The molecule has 0 aromatic heterocycles. The molecule has 0 spiro atoms. The van der Waals surface area contributed by atoms with Gasteiger partial charge in [-0.25, -0.2) is 9.59 Å². The predicted molar refractivity (Wildman–Crippen MR) is 72.8 cm³/mol. The maximum atomic E-state index is 11.7. The van der Waals surface area contributed by atoms with Crippen LogP contribution in [0.4, 0.5) is 10.5 Å². The van der Waals surface area contributed by atoms with Gasteiger partial charge in [0.25, 0.3) is 0 Å². The monoisotopic (exact) mass is 282 g/mol.